The third-order valence-corrected chi connectivity index (χ3v) is 2.92. The van der Waals surface area contributed by atoms with Gasteiger partial charge in [-0.05, 0) is 31.4 Å². The molecule has 2 rings (SSSR count). The Labute approximate surface area is 105 Å². The van der Waals surface area contributed by atoms with Crippen LogP contribution in [-0.2, 0) is 4.79 Å². The number of aryl methyl sites for hydroxylation is 1. The molecule has 3 N–H and O–H groups in total. The van der Waals surface area contributed by atoms with Crippen LogP contribution in [0.4, 0.5) is 4.39 Å². The molecule has 1 aromatic rings. The van der Waals surface area contributed by atoms with Crippen molar-refractivity contribution >= 4 is 5.91 Å². The summed E-state index contributed by atoms with van der Waals surface area (Å²) >= 11 is 0. The highest BCUT2D eigenvalue weighted by atomic mass is 19.1. The number of rotatable bonds is 6. The Morgan fingerprint density at radius 3 is 2.94 bits per heavy atom. The van der Waals surface area contributed by atoms with Gasteiger partial charge in [0.1, 0.15) is 12.6 Å². The molecule has 0 saturated heterocycles. The van der Waals surface area contributed by atoms with Crippen LogP contribution in [0.15, 0.2) is 18.2 Å². The van der Waals surface area contributed by atoms with Crippen LogP contribution >= 0.6 is 0 Å². The Balaban J connectivity index is 1.95. The molecular weight excluding hydrogens is 235 g/mol. The first-order chi connectivity index (χ1) is 8.58. The maximum absolute atomic E-state index is 13.7. The highest BCUT2D eigenvalue weighted by molar-refractivity contribution is 5.80. The van der Waals surface area contributed by atoms with Crippen molar-refractivity contribution in [3.05, 3.63) is 29.6 Å². The number of nitrogens with one attached hydrogen (secondary N) is 1. The number of amides is 1. The van der Waals surface area contributed by atoms with Gasteiger partial charge in [0.15, 0.2) is 11.6 Å². The van der Waals surface area contributed by atoms with Crippen LogP contribution in [0.5, 0.6) is 5.75 Å². The van der Waals surface area contributed by atoms with Crippen LogP contribution in [0.2, 0.25) is 0 Å². The molecule has 1 aliphatic carbocycles. The smallest absolute Gasteiger partial charge is 0.238 e. The molecule has 4 nitrogen and oxygen atoms in total. The second-order valence-corrected chi connectivity index (χ2v) is 4.59. The summed E-state index contributed by atoms with van der Waals surface area (Å²) in [7, 11) is 0. The van der Waals surface area contributed by atoms with Crippen molar-refractivity contribution in [2.75, 3.05) is 6.61 Å². The summed E-state index contributed by atoms with van der Waals surface area (Å²) in [6, 6.07) is 4.68. The lowest BCUT2D eigenvalue weighted by molar-refractivity contribution is -0.120. The zero-order valence-corrected chi connectivity index (χ0v) is 10.3. The average molecular weight is 252 g/mol. The average Bonchev–Trinajstić information content (AvgIpc) is 3.13. The maximum Gasteiger partial charge on any atom is 0.238 e. The fourth-order valence-electron chi connectivity index (χ4n) is 1.65. The van der Waals surface area contributed by atoms with Crippen molar-refractivity contribution in [2.24, 2.45) is 5.73 Å². The number of ether oxygens (including phenoxy) is 1. The first-order valence-electron chi connectivity index (χ1n) is 6.01. The highest BCUT2D eigenvalue weighted by Gasteiger charge is 2.27. The van der Waals surface area contributed by atoms with Gasteiger partial charge in [0.2, 0.25) is 5.91 Å². The lowest BCUT2D eigenvalue weighted by Gasteiger charge is -2.16. The fraction of sp³-hybridized carbons (Fsp3) is 0.462. The van der Waals surface area contributed by atoms with Gasteiger partial charge < -0.3 is 15.8 Å². The highest BCUT2D eigenvalue weighted by Crippen LogP contribution is 2.21. The summed E-state index contributed by atoms with van der Waals surface area (Å²) in [5.74, 6) is -0.721. The van der Waals surface area contributed by atoms with Gasteiger partial charge in [0.25, 0.3) is 0 Å². The predicted octanol–water partition coefficient (Wildman–Crippen LogP) is 1.12. The van der Waals surface area contributed by atoms with E-state index in [2.05, 4.69) is 5.32 Å². The van der Waals surface area contributed by atoms with Gasteiger partial charge in [-0.1, -0.05) is 12.1 Å². The number of carbonyl (C=O) groups excluding carboxylic acids is 1. The molecule has 1 aromatic carbocycles. The van der Waals surface area contributed by atoms with Crippen molar-refractivity contribution in [2.45, 2.75) is 31.8 Å². The van der Waals surface area contributed by atoms with Gasteiger partial charge >= 0.3 is 0 Å². The molecule has 1 unspecified atom stereocenters. The number of hydrogen-bond donors (Lipinski definition) is 2. The monoisotopic (exact) mass is 252 g/mol. The molecule has 1 amide bonds. The standard InChI is InChI=1S/C13H17FN2O2/c1-8-3-2-4-11(12(8)14)18-7-10(13(15)17)16-9-5-6-9/h2-4,9-10,16H,5-7H2,1H3,(H2,15,17). The largest absolute Gasteiger partial charge is 0.488 e. The van der Waals surface area contributed by atoms with Gasteiger partial charge in [-0.2, -0.15) is 0 Å². The molecule has 0 heterocycles. The Kier molecular flexibility index (Phi) is 3.81. The second-order valence-electron chi connectivity index (χ2n) is 4.59. The molecule has 18 heavy (non-hydrogen) atoms. The lowest BCUT2D eigenvalue weighted by Crippen LogP contribution is -2.46. The quantitative estimate of drug-likeness (QED) is 0.797. The van der Waals surface area contributed by atoms with Crippen LogP contribution in [-0.4, -0.2) is 24.6 Å². The molecule has 1 atom stereocenters. The molecule has 0 spiro atoms. The first kappa shape index (κ1) is 12.8. The minimum absolute atomic E-state index is 0.0478. The van der Waals surface area contributed by atoms with Gasteiger partial charge in [0, 0.05) is 6.04 Å². The van der Waals surface area contributed by atoms with Gasteiger partial charge in [-0.3, -0.25) is 4.79 Å². The molecule has 0 aromatic heterocycles. The summed E-state index contributed by atoms with van der Waals surface area (Å²) in [6.07, 6.45) is 2.09. The summed E-state index contributed by atoms with van der Waals surface area (Å²) in [5.41, 5.74) is 5.78. The number of carbonyl (C=O) groups is 1. The van der Waals surface area contributed by atoms with E-state index in [9.17, 15) is 9.18 Å². The summed E-state index contributed by atoms with van der Waals surface area (Å²) in [4.78, 5) is 11.2. The Bertz CT molecular complexity index is 447. The number of halogens is 1. The van der Waals surface area contributed by atoms with Crippen molar-refractivity contribution in [1.82, 2.24) is 5.32 Å². The van der Waals surface area contributed by atoms with E-state index in [0.29, 0.717) is 11.6 Å². The third-order valence-electron chi connectivity index (χ3n) is 2.92. The molecule has 1 saturated carbocycles. The minimum Gasteiger partial charge on any atom is -0.488 e. The third kappa shape index (κ3) is 3.20. The number of hydrogen-bond acceptors (Lipinski definition) is 3. The first-order valence-corrected chi connectivity index (χ1v) is 6.01. The van der Waals surface area contributed by atoms with Gasteiger partial charge in [0.05, 0.1) is 0 Å². The number of primary amides is 1. The summed E-state index contributed by atoms with van der Waals surface area (Å²) in [6.45, 7) is 1.71. The van der Waals surface area contributed by atoms with E-state index in [-0.39, 0.29) is 12.4 Å². The zero-order chi connectivity index (χ0) is 13.1. The zero-order valence-electron chi connectivity index (χ0n) is 10.3. The molecule has 1 fully saturated rings. The van der Waals surface area contributed by atoms with Gasteiger partial charge in [-0.25, -0.2) is 4.39 Å². The van der Waals surface area contributed by atoms with Crippen molar-refractivity contribution in [1.29, 1.82) is 0 Å². The van der Waals surface area contributed by atoms with E-state index in [0.717, 1.165) is 12.8 Å². The van der Waals surface area contributed by atoms with E-state index in [4.69, 9.17) is 10.5 Å². The fourth-order valence-corrected chi connectivity index (χ4v) is 1.65. The molecule has 0 aliphatic heterocycles. The molecule has 1 aliphatic rings. The van der Waals surface area contributed by atoms with Crippen molar-refractivity contribution < 1.29 is 13.9 Å². The van der Waals surface area contributed by atoms with Crippen LogP contribution < -0.4 is 15.8 Å². The van der Waals surface area contributed by atoms with Crippen molar-refractivity contribution in [3.63, 3.8) is 0 Å². The number of nitrogens with two attached hydrogens (primary N) is 1. The Hall–Kier alpha value is -1.62. The SMILES string of the molecule is Cc1cccc(OCC(NC2CC2)C(N)=O)c1F. The lowest BCUT2D eigenvalue weighted by atomic mass is 10.2. The second kappa shape index (κ2) is 5.35. The minimum atomic E-state index is -0.572. The predicted molar refractivity (Wildman–Crippen MR) is 65.8 cm³/mol. The van der Waals surface area contributed by atoms with Crippen LogP contribution in [0, 0.1) is 12.7 Å². The molecule has 5 heteroatoms. The molecular formula is C13H17FN2O2. The van der Waals surface area contributed by atoms with E-state index in [1.807, 2.05) is 0 Å². The molecule has 0 bridgehead atoms. The molecule has 98 valence electrons. The Morgan fingerprint density at radius 2 is 2.33 bits per heavy atom. The van der Waals surface area contributed by atoms with E-state index in [1.54, 1.807) is 19.1 Å². The summed E-state index contributed by atoms with van der Waals surface area (Å²) < 4.78 is 19.0. The molecule has 0 radical (unpaired) electrons. The van der Waals surface area contributed by atoms with Crippen LogP contribution in [0.3, 0.4) is 0 Å². The van der Waals surface area contributed by atoms with Gasteiger partial charge in [-0.15, -0.1) is 0 Å². The van der Waals surface area contributed by atoms with E-state index in [1.165, 1.54) is 6.07 Å². The van der Waals surface area contributed by atoms with Crippen LogP contribution in [0.1, 0.15) is 18.4 Å². The number of benzene rings is 1. The maximum atomic E-state index is 13.7. The van der Waals surface area contributed by atoms with Crippen molar-refractivity contribution in [3.8, 4) is 5.75 Å². The Morgan fingerprint density at radius 1 is 1.61 bits per heavy atom. The summed E-state index contributed by atoms with van der Waals surface area (Å²) in [5, 5.41) is 3.07. The normalized spacial score (nSPS) is 16.3. The van der Waals surface area contributed by atoms with Crippen LogP contribution in [0.25, 0.3) is 0 Å². The van der Waals surface area contributed by atoms with E-state index < -0.39 is 17.8 Å². The topological polar surface area (TPSA) is 64.3 Å². The van der Waals surface area contributed by atoms with E-state index >= 15 is 0 Å².